The molecule has 0 spiro atoms. The molecule has 1 aliphatic rings. The highest BCUT2D eigenvalue weighted by Crippen LogP contribution is 2.54. The van der Waals surface area contributed by atoms with Crippen molar-refractivity contribution >= 4 is 0 Å². The standard InChI is InChI=1S/C12H22O/c1-11(2)7-6-9-12(11,3)8-4-5-10-13/h4-5,13H,6-10H2,1-3H3/b5-4+. The van der Waals surface area contributed by atoms with Crippen LogP contribution in [0, 0.1) is 10.8 Å². The molecule has 1 N–H and O–H groups in total. The van der Waals surface area contributed by atoms with Gasteiger partial charge in [-0.1, -0.05) is 39.3 Å². The van der Waals surface area contributed by atoms with Crippen LogP contribution in [-0.2, 0) is 0 Å². The van der Waals surface area contributed by atoms with Gasteiger partial charge in [-0.05, 0) is 30.1 Å². The van der Waals surface area contributed by atoms with Gasteiger partial charge in [0.2, 0.25) is 0 Å². The molecule has 0 radical (unpaired) electrons. The maximum Gasteiger partial charge on any atom is 0.0612 e. The summed E-state index contributed by atoms with van der Waals surface area (Å²) < 4.78 is 0. The molecular weight excluding hydrogens is 160 g/mol. The van der Waals surface area contributed by atoms with Crippen LogP contribution in [0.1, 0.15) is 46.5 Å². The van der Waals surface area contributed by atoms with E-state index >= 15 is 0 Å². The molecule has 1 atom stereocenters. The second kappa shape index (κ2) is 3.83. The summed E-state index contributed by atoms with van der Waals surface area (Å²) >= 11 is 0. The van der Waals surface area contributed by atoms with E-state index in [1.54, 1.807) is 0 Å². The van der Waals surface area contributed by atoms with Gasteiger partial charge in [0.1, 0.15) is 0 Å². The molecule has 1 unspecified atom stereocenters. The average molecular weight is 182 g/mol. The Labute approximate surface area is 81.9 Å². The van der Waals surface area contributed by atoms with Crippen LogP contribution >= 0.6 is 0 Å². The zero-order valence-corrected chi connectivity index (χ0v) is 9.14. The zero-order chi connectivity index (χ0) is 9.95. The summed E-state index contributed by atoms with van der Waals surface area (Å²) in [6.45, 7) is 7.29. The van der Waals surface area contributed by atoms with E-state index in [4.69, 9.17) is 5.11 Å². The first kappa shape index (κ1) is 10.8. The van der Waals surface area contributed by atoms with Crippen molar-refractivity contribution in [3.8, 4) is 0 Å². The summed E-state index contributed by atoms with van der Waals surface area (Å²) in [7, 11) is 0. The van der Waals surface area contributed by atoms with Crippen molar-refractivity contribution in [2.45, 2.75) is 46.5 Å². The van der Waals surface area contributed by atoms with Gasteiger partial charge in [0, 0.05) is 0 Å². The van der Waals surface area contributed by atoms with Crippen molar-refractivity contribution in [1.82, 2.24) is 0 Å². The summed E-state index contributed by atoms with van der Waals surface area (Å²) in [6.07, 6.45) is 9.13. The predicted octanol–water partition coefficient (Wildman–Crippen LogP) is 3.14. The van der Waals surface area contributed by atoms with Gasteiger partial charge in [0.25, 0.3) is 0 Å². The van der Waals surface area contributed by atoms with Gasteiger partial charge in [0.05, 0.1) is 6.61 Å². The molecule has 0 aliphatic heterocycles. The molecule has 1 fully saturated rings. The molecule has 1 aliphatic carbocycles. The molecule has 0 aromatic carbocycles. The van der Waals surface area contributed by atoms with Crippen LogP contribution in [0.5, 0.6) is 0 Å². The van der Waals surface area contributed by atoms with E-state index in [9.17, 15) is 0 Å². The fraction of sp³-hybridized carbons (Fsp3) is 0.833. The van der Waals surface area contributed by atoms with Crippen LogP contribution in [-0.4, -0.2) is 11.7 Å². The van der Waals surface area contributed by atoms with E-state index in [1.807, 2.05) is 6.08 Å². The minimum Gasteiger partial charge on any atom is -0.392 e. The number of aliphatic hydroxyl groups excluding tert-OH is 1. The van der Waals surface area contributed by atoms with Gasteiger partial charge in [-0.15, -0.1) is 0 Å². The zero-order valence-electron chi connectivity index (χ0n) is 9.14. The molecule has 1 nitrogen and oxygen atoms in total. The number of rotatable bonds is 3. The first-order valence-corrected chi connectivity index (χ1v) is 5.28. The summed E-state index contributed by atoms with van der Waals surface area (Å²) in [5, 5.41) is 8.67. The van der Waals surface area contributed by atoms with Crippen LogP contribution in [0.2, 0.25) is 0 Å². The van der Waals surface area contributed by atoms with Gasteiger partial charge < -0.3 is 5.11 Å². The quantitative estimate of drug-likeness (QED) is 0.665. The van der Waals surface area contributed by atoms with Crippen LogP contribution in [0.15, 0.2) is 12.2 Å². The van der Waals surface area contributed by atoms with Gasteiger partial charge >= 0.3 is 0 Å². The average Bonchev–Trinajstić information content (AvgIpc) is 2.28. The highest BCUT2D eigenvalue weighted by molar-refractivity contribution is 5.00. The van der Waals surface area contributed by atoms with Crippen molar-refractivity contribution in [2.24, 2.45) is 10.8 Å². The SMILES string of the molecule is CC1(C)CCCC1(C)C/C=C/CO. The second-order valence-electron chi connectivity index (χ2n) is 5.16. The fourth-order valence-corrected chi connectivity index (χ4v) is 2.36. The van der Waals surface area contributed by atoms with Crippen molar-refractivity contribution in [1.29, 1.82) is 0 Å². The van der Waals surface area contributed by atoms with Crippen molar-refractivity contribution in [3.05, 3.63) is 12.2 Å². The van der Waals surface area contributed by atoms with E-state index in [0.717, 1.165) is 6.42 Å². The predicted molar refractivity (Wildman–Crippen MR) is 56.6 cm³/mol. The highest BCUT2D eigenvalue weighted by atomic mass is 16.2. The molecule has 13 heavy (non-hydrogen) atoms. The minimum atomic E-state index is 0.177. The first-order chi connectivity index (χ1) is 6.02. The van der Waals surface area contributed by atoms with Crippen molar-refractivity contribution < 1.29 is 5.11 Å². The molecular formula is C12H22O. The van der Waals surface area contributed by atoms with Crippen LogP contribution < -0.4 is 0 Å². The van der Waals surface area contributed by atoms with E-state index in [-0.39, 0.29) is 6.61 Å². The molecule has 1 heteroatoms. The number of allylic oxidation sites excluding steroid dienone is 1. The maximum atomic E-state index is 8.67. The Bertz CT molecular complexity index is 193. The van der Waals surface area contributed by atoms with Crippen LogP contribution in [0.3, 0.4) is 0 Å². The summed E-state index contributed by atoms with van der Waals surface area (Å²) in [5.74, 6) is 0. The lowest BCUT2D eigenvalue weighted by molar-refractivity contribution is 0.135. The summed E-state index contributed by atoms with van der Waals surface area (Å²) in [4.78, 5) is 0. The van der Waals surface area contributed by atoms with Gasteiger partial charge in [-0.25, -0.2) is 0 Å². The molecule has 76 valence electrons. The largest absolute Gasteiger partial charge is 0.392 e. The van der Waals surface area contributed by atoms with Crippen molar-refractivity contribution in [2.75, 3.05) is 6.61 Å². The monoisotopic (exact) mass is 182 g/mol. The number of hydrogen-bond acceptors (Lipinski definition) is 1. The lowest BCUT2D eigenvalue weighted by Gasteiger charge is -2.37. The van der Waals surface area contributed by atoms with E-state index in [2.05, 4.69) is 26.8 Å². The van der Waals surface area contributed by atoms with Gasteiger partial charge in [-0.3, -0.25) is 0 Å². The molecule has 0 bridgehead atoms. The van der Waals surface area contributed by atoms with Crippen LogP contribution in [0.25, 0.3) is 0 Å². The number of hydrogen-bond donors (Lipinski definition) is 1. The molecule has 1 rings (SSSR count). The second-order valence-corrected chi connectivity index (χ2v) is 5.16. The van der Waals surface area contributed by atoms with Gasteiger partial charge in [0.15, 0.2) is 0 Å². The Morgan fingerprint density at radius 2 is 1.85 bits per heavy atom. The Kier molecular flexibility index (Phi) is 3.18. The van der Waals surface area contributed by atoms with E-state index < -0.39 is 0 Å². The normalized spacial score (nSPS) is 32.9. The summed E-state index contributed by atoms with van der Waals surface area (Å²) in [5.41, 5.74) is 0.908. The number of aliphatic hydroxyl groups is 1. The Morgan fingerprint density at radius 3 is 2.31 bits per heavy atom. The van der Waals surface area contributed by atoms with E-state index in [1.165, 1.54) is 19.3 Å². The van der Waals surface area contributed by atoms with E-state index in [0.29, 0.717) is 10.8 Å². The summed E-state index contributed by atoms with van der Waals surface area (Å²) in [6, 6.07) is 0. The van der Waals surface area contributed by atoms with Crippen LogP contribution in [0.4, 0.5) is 0 Å². The molecule has 1 saturated carbocycles. The molecule has 0 amide bonds. The topological polar surface area (TPSA) is 20.2 Å². The highest BCUT2D eigenvalue weighted by Gasteiger charge is 2.43. The third-order valence-corrected chi connectivity index (χ3v) is 4.00. The molecule has 0 saturated heterocycles. The lowest BCUT2D eigenvalue weighted by atomic mass is 9.67. The van der Waals surface area contributed by atoms with Gasteiger partial charge in [-0.2, -0.15) is 0 Å². The third kappa shape index (κ3) is 2.14. The maximum absolute atomic E-state index is 8.67. The van der Waals surface area contributed by atoms with Crippen molar-refractivity contribution in [3.63, 3.8) is 0 Å². The fourth-order valence-electron chi connectivity index (χ4n) is 2.36. The smallest absolute Gasteiger partial charge is 0.0612 e. The molecule has 0 aromatic rings. The Hall–Kier alpha value is -0.300. The Morgan fingerprint density at radius 1 is 1.15 bits per heavy atom. The molecule has 0 aromatic heterocycles. The minimum absolute atomic E-state index is 0.177. The molecule has 0 heterocycles. The third-order valence-electron chi connectivity index (χ3n) is 4.00. The first-order valence-electron chi connectivity index (χ1n) is 5.28. The lowest BCUT2D eigenvalue weighted by Crippen LogP contribution is -2.28. The Balaban J connectivity index is 2.59.